The zero-order chi connectivity index (χ0) is 9.19. The zero-order valence-corrected chi connectivity index (χ0v) is 6.47. The molecule has 1 aliphatic carbocycles. The van der Waals surface area contributed by atoms with E-state index in [1.165, 1.54) is 0 Å². The lowest BCUT2D eigenvalue weighted by Gasteiger charge is -2.16. The average Bonchev–Trinajstić information content (AvgIpc) is 2.29. The van der Waals surface area contributed by atoms with E-state index in [9.17, 15) is 13.2 Å². The molecular weight excluding hydrogens is 173 g/mol. The van der Waals surface area contributed by atoms with E-state index in [0.29, 0.717) is 12.8 Å². The van der Waals surface area contributed by atoms with Crippen LogP contribution < -0.4 is 0 Å². The number of hydrogen-bond acceptors (Lipinski definition) is 2. The smallest absolute Gasteiger partial charge is 0.390 e. The van der Waals surface area contributed by atoms with Crippen LogP contribution in [0.3, 0.4) is 0 Å². The molecule has 2 unspecified atom stereocenters. The van der Waals surface area contributed by atoms with E-state index < -0.39 is 25.0 Å². The molecule has 0 saturated heterocycles. The van der Waals surface area contributed by atoms with Gasteiger partial charge < -0.3 is 9.84 Å². The lowest BCUT2D eigenvalue weighted by Crippen LogP contribution is -2.28. The fourth-order valence-corrected chi connectivity index (χ4v) is 1.30. The van der Waals surface area contributed by atoms with E-state index in [1.807, 2.05) is 0 Å². The maximum Gasteiger partial charge on any atom is 0.411 e. The highest BCUT2D eigenvalue weighted by molar-refractivity contribution is 4.77. The number of ether oxygens (including phenoxy) is 1. The van der Waals surface area contributed by atoms with Gasteiger partial charge >= 0.3 is 6.18 Å². The van der Waals surface area contributed by atoms with Crippen molar-refractivity contribution in [2.24, 2.45) is 0 Å². The first kappa shape index (κ1) is 9.80. The van der Waals surface area contributed by atoms with Crippen LogP contribution in [-0.2, 0) is 4.74 Å². The Morgan fingerprint density at radius 2 is 2.00 bits per heavy atom. The highest BCUT2D eigenvalue weighted by atomic mass is 19.4. The van der Waals surface area contributed by atoms with Gasteiger partial charge in [-0.2, -0.15) is 13.2 Å². The van der Waals surface area contributed by atoms with Crippen molar-refractivity contribution in [3.05, 3.63) is 0 Å². The molecular formula is C7H11F3O2. The van der Waals surface area contributed by atoms with Gasteiger partial charge in [0.1, 0.15) is 6.61 Å². The van der Waals surface area contributed by atoms with Crippen LogP contribution in [0.25, 0.3) is 0 Å². The third kappa shape index (κ3) is 2.98. The van der Waals surface area contributed by atoms with Crippen LogP contribution in [0, 0.1) is 0 Å². The Kier molecular flexibility index (Phi) is 2.95. The predicted octanol–water partition coefficient (Wildman–Crippen LogP) is 1.48. The molecule has 1 N–H and O–H groups in total. The molecule has 0 aromatic heterocycles. The third-order valence-corrected chi connectivity index (χ3v) is 1.88. The van der Waals surface area contributed by atoms with E-state index in [0.717, 1.165) is 6.42 Å². The molecule has 0 amide bonds. The molecule has 12 heavy (non-hydrogen) atoms. The summed E-state index contributed by atoms with van der Waals surface area (Å²) in [5, 5.41) is 9.09. The highest BCUT2D eigenvalue weighted by Gasteiger charge is 2.33. The molecule has 0 bridgehead atoms. The Morgan fingerprint density at radius 1 is 1.33 bits per heavy atom. The van der Waals surface area contributed by atoms with Gasteiger partial charge in [0.25, 0.3) is 0 Å². The van der Waals surface area contributed by atoms with E-state index in [2.05, 4.69) is 4.74 Å². The summed E-state index contributed by atoms with van der Waals surface area (Å²) in [6, 6.07) is 0. The molecule has 1 fully saturated rings. The monoisotopic (exact) mass is 184 g/mol. The molecule has 2 nitrogen and oxygen atoms in total. The molecule has 1 rings (SSSR count). The minimum absolute atomic E-state index is 0.525. The van der Waals surface area contributed by atoms with Gasteiger partial charge in [-0.1, -0.05) is 0 Å². The second-order valence-corrected chi connectivity index (χ2v) is 2.96. The van der Waals surface area contributed by atoms with Crippen LogP contribution >= 0.6 is 0 Å². The van der Waals surface area contributed by atoms with Gasteiger partial charge in [0.15, 0.2) is 0 Å². The van der Waals surface area contributed by atoms with Gasteiger partial charge in [-0.15, -0.1) is 0 Å². The molecule has 0 aromatic carbocycles. The fraction of sp³-hybridized carbons (Fsp3) is 1.00. The van der Waals surface area contributed by atoms with E-state index >= 15 is 0 Å². The number of aliphatic hydroxyl groups is 1. The van der Waals surface area contributed by atoms with Crippen LogP contribution in [0.5, 0.6) is 0 Å². The van der Waals surface area contributed by atoms with Crippen molar-refractivity contribution in [1.82, 2.24) is 0 Å². The molecule has 0 heterocycles. The topological polar surface area (TPSA) is 29.5 Å². The second kappa shape index (κ2) is 3.62. The summed E-state index contributed by atoms with van der Waals surface area (Å²) in [7, 11) is 0. The molecule has 0 aliphatic heterocycles. The van der Waals surface area contributed by atoms with Crippen LogP contribution in [0.1, 0.15) is 19.3 Å². The molecule has 1 saturated carbocycles. The van der Waals surface area contributed by atoms with Crippen molar-refractivity contribution in [3.8, 4) is 0 Å². The third-order valence-electron chi connectivity index (χ3n) is 1.88. The first-order valence-corrected chi connectivity index (χ1v) is 3.85. The maximum atomic E-state index is 11.6. The van der Waals surface area contributed by atoms with E-state index in [4.69, 9.17) is 5.11 Å². The summed E-state index contributed by atoms with van der Waals surface area (Å²) in [5.74, 6) is 0. The first-order chi connectivity index (χ1) is 5.49. The Bertz CT molecular complexity index is 146. The zero-order valence-electron chi connectivity index (χ0n) is 6.47. The summed E-state index contributed by atoms with van der Waals surface area (Å²) in [6.45, 7) is -1.26. The maximum absolute atomic E-state index is 11.6. The van der Waals surface area contributed by atoms with Crippen LogP contribution in [-0.4, -0.2) is 30.1 Å². The summed E-state index contributed by atoms with van der Waals surface area (Å²) in [6.07, 6.45) is -3.81. The van der Waals surface area contributed by atoms with Crippen molar-refractivity contribution in [2.45, 2.75) is 37.6 Å². The number of alkyl halides is 3. The van der Waals surface area contributed by atoms with Crippen molar-refractivity contribution >= 4 is 0 Å². The van der Waals surface area contributed by atoms with Crippen molar-refractivity contribution in [2.75, 3.05) is 6.61 Å². The Labute approximate surface area is 68.3 Å². The predicted molar refractivity (Wildman–Crippen MR) is 35.7 cm³/mol. The summed E-state index contributed by atoms with van der Waals surface area (Å²) in [4.78, 5) is 0. The molecule has 0 radical (unpaired) electrons. The number of rotatable bonds is 2. The second-order valence-electron chi connectivity index (χ2n) is 2.96. The van der Waals surface area contributed by atoms with E-state index in [-0.39, 0.29) is 0 Å². The standard InChI is InChI=1S/C7H11F3O2/c8-7(9,10)4-12-6-3-1-2-5(6)11/h5-6,11H,1-4H2. The van der Waals surface area contributed by atoms with E-state index in [1.54, 1.807) is 0 Å². The fourth-order valence-electron chi connectivity index (χ4n) is 1.30. The largest absolute Gasteiger partial charge is 0.411 e. The van der Waals surface area contributed by atoms with Crippen LogP contribution in [0.2, 0.25) is 0 Å². The van der Waals surface area contributed by atoms with Gasteiger partial charge in [0.2, 0.25) is 0 Å². The SMILES string of the molecule is OC1CCCC1OCC(F)(F)F. The van der Waals surface area contributed by atoms with Gasteiger partial charge in [0, 0.05) is 0 Å². The van der Waals surface area contributed by atoms with Gasteiger partial charge in [-0.05, 0) is 19.3 Å². The van der Waals surface area contributed by atoms with Gasteiger partial charge in [0.05, 0.1) is 12.2 Å². The Hall–Kier alpha value is -0.290. The lowest BCUT2D eigenvalue weighted by atomic mass is 10.3. The molecule has 0 spiro atoms. The lowest BCUT2D eigenvalue weighted by molar-refractivity contribution is -0.191. The quantitative estimate of drug-likeness (QED) is 0.704. The first-order valence-electron chi connectivity index (χ1n) is 3.85. The molecule has 1 aliphatic rings. The number of hydrogen-bond donors (Lipinski definition) is 1. The summed E-state index contributed by atoms with van der Waals surface area (Å²) in [5.41, 5.74) is 0. The van der Waals surface area contributed by atoms with Crippen molar-refractivity contribution < 1.29 is 23.0 Å². The minimum atomic E-state index is -4.29. The number of halogens is 3. The van der Waals surface area contributed by atoms with Crippen molar-refractivity contribution in [3.63, 3.8) is 0 Å². The summed E-state index contributed by atoms with van der Waals surface area (Å²) >= 11 is 0. The van der Waals surface area contributed by atoms with Crippen LogP contribution in [0.15, 0.2) is 0 Å². The number of aliphatic hydroxyl groups excluding tert-OH is 1. The summed E-state index contributed by atoms with van der Waals surface area (Å²) < 4.78 is 39.4. The Morgan fingerprint density at radius 3 is 2.42 bits per heavy atom. The van der Waals surface area contributed by atoms with Gasteiger partial charge in [-0.3, -0.25) is 0 Å². The van der Waals surface area contributed by atoms with Gasteiger partial charge in [-0.25, -0.2) is 0 Å². The molecule has 72 valence electrons. The highest BCUT2D eigenvalue weighted by Crippen LogP contribution is 2.24. The van der Waals surface area contributed by atoms with Crippen molar-refractivity contribution in [1.29, 1.82) is 0 Å². The normalized spacial score (nSPS) is 31.0. The average molecular weight is 184 g/mol. The molecule has 5 heteroatoms. The Balaban J connectivity index is 2.23. The minimum Gasteiger partial charge on any atom is -0.390 e. The molecule has 2 atom stereocenters. The molecule has 0 aromatic rings. The van der Waals surface area contributed by atoms with Crippen LogP contribution in [0.4, 0.5) is 13.2 Å².